The zero-order valence-corrected chi connectivity index (χ0v) is 11.3. The van der Waals surface area contributed by atoms with Gasteiger partial charge in [-0.3, -0.25) is 0 Å². The minimum Gasteiger partial charge on any atom is -0.484 e. The molecule has 0 saturated heterocycles. The third-order valence-corrected chi connectivity index (χ3v) is 2.51. The van der Waals surface area contributed by atoms with Gasteiger partial charge < -0.3 is 14.5 Å². The highest BCUT2D eigenvalue weighted by Crippen LogP contribution is 2.11. The molecule has 5 heteroatoms. The number of benzene rings is 1. The summed E-state index contributed by atoms with van der Waals surface area (Å²) >= 11 is 0. The maximum Gasteiger partial charge on any atom is 0.253 e. The average molecular weight is 261 g/mol. The molecule has 1 aromatic carbocycles. The topological polar surface area (TPSA) is 60.2 Å². The maximum absolute atomic E-state index is 5.54. The van der Waals surface area contributed by atoms with Crippen LogP contribution in [0.1, 0.15) is 25.6 Å². The van der Waals surface area contributed by atoms with Crippen molar-refractivity contribution in [2.45, 2.75) is 32.9 Å². The lowest BCUT2D eigenvalue weighted by molar-refractivity contribution is 0.258. The molecule has 0 bridgehead atoms. The fraction of sp³-hybridized carbons (Fsp3) is 0.429. The molecule has 2 aromatic rings. The molecule has 0 unspecified atom stereocenters. The standard InChI is InChI=1S/C14H19N3O2/c1-11(2)15-9-8-13-16-17-14(19-13)10-18-12-6-4-3-5-7-12/h3-7,11,15H,8-10H2,1-2H3. The molecule has 0 aliphatic rings. The molecule has 5 nitrogen and oxygen atoms in total. The van der Waals surface area contributed by atoms with Crippen LogP contribution in [-0.2, 0) is 13.0 Å². The van der Waals surface area contributed by atoms with Gasteiger partial charge in [0.15, 0.2) is 6.61 Å². The second-order valence-electron chi connectivity index (χ2n) is 4.55. The lowest BCUT2D eigenvalue weighted by Crippen LogP contribution is -2.25. The second kappa shape index (κ2) is 6.89. The van der Waals surface area contributed by atoms with E-state index in [0.717, 1.165) is 18.7 Å². The molecule has 1 N–H and O–H groups in total. The number of para-hydroxylation sites is 1. The van der Waals surface area contributed by atoms with Gasteiger partial charge in [-0.2, -0.15) is 0 Å². The number of rotatable bonds is 7. The van der Waals surface area contributed by atoms with Gasteiger partial charge in [0.05, 0.1) is 0 Å². The van der Waals surface area contributed by atoms with Crippen molar-refractivity contribution in [2.24, 2.45) is 0 Å². The molecule has 0 fully saturated rings. The van der Waals surface area contributed by atoms with Crippen LogP contribution < -0.4 is 10.1 Å². The zero-order chi connectivity index (χ0) is 13.5. The van der Waals surface area contributed by atoms with Gasteiger partial charge in [-0.1, -0.05) is 32.0 Å². The highest BCUT2D eigenvalue weighted by atomic mass is 16.5. The van der Waals surface area contributed by atoms with Crippen LogP contribution in [0, 0.1) is 0 Å². The molecule has 0 aliphatic heterocycles. The Morgan fingerprint density at radius 1 is 1.16 bits per heavy atom. The fourth-order valence-electron chi connectivity index (χ4n) is 1.58. The first-order valence-corrected chi connectivity index (χ1v) is 6.46. The summed E-state index contributed by atoms with van der Waals surface area (Å²) < 4.78 is 11.0. The molecule has 102 valence electrons. The van der Waals surface area contributed by atoms with Crippen LogP contribution in [0.5, 0.6) is 5.75 Å². The smallest absolute Gasteiger partial charge is 0.253 e. The van der Waals surface area contributed by atoms with Crippen LogP contribution in [0.15, 0.2) is 34.7 Å². The molecule has 0 aliphatic carbocycles. The van der Waals surface area contributed by atoms with E-state index in [-0.39, 0.29) is 0 Å². The summed E-state index contributed by atoms with van der Waals surface area (Å²) in [7, 11) is 0. The number of hydrogen-bond acceptors (Lipinski definition) is 5. The summed E-state index contributed by atoms with van der Waals surface area (Å²) in [5.41, 5.74) is 0. The van der Waals surface area contributed by atoms with E-state index in [4.69, 9.17) is 9.15 Å². The van der Waals surface area contributed by atoms with Gasteiger partial charge in [0, 0.05) is 19.0 Å². The molecular formula is C14H19N3O2. The van der Waals surface area contributed by atoms with Crippen LogP contribution in [0.4, 0.5) is 0 Å². The van der Waals surface area contributed by atoms with Gasteiger partial charge in [0.1, 0.15) is 5.75 Å². The van der Waals surface area contributed by atoms with E-state index >= 15 is 0 Å². The third-order valence-electron chi connectivity index (χ3n) is 2.51. The molecule has 0 atom stereocenters. The van der Waals surface area contributed by atoms with Crippen LogP contribution in [0.3, 0.4) is 0 Å². The third kappa shape index (κ3) is 4.71. The summed E-state index contributed by atoms with van der Waals surface area (Å²) in [6.07, 6.45) is 0.733. The Labute approximate surface area is 113 Å². The van der Waals surface area contributed by atoms with Crippen molar-refractivity contribution in [1.82, 2.24) is 15.5 Å². The summed E-state index contributed by atoms with van der Waals surface area (Å²) in [4.78, 5) is 0. The number of nitrogens with zero attached hydrogens (tertiary/aromatic N) is 2. The molecule has 0 radical (unpaired) electrons. The van der Waals surface area contributed by atoms with Crippen LogP contribution in [0.2, 0.25) is 0 Å². The van der Waals surface area contributed by atoms with E-state index in [1.54, 1.807) is 0 Å². The van der Waals surface area contributed by atoms with Crippen LogP contribution >= 0.6 is 0 Å². The molecule has 1 heterocycles. The van der Waals surface area contributed by atoms with Crippen molar-refractivity contribution in [1.29, 1.82) is 0 Å². The SMILES string of the molecule is CC(C)NCCc1nnc(COc2ccccc2)o1. The summed E-state index contributed by atoms with van der Waals surface area (Å²) in [6.45, 7) is 5.34. The number of nitrogens with one attached hydrogen (secondary N) is 1. The Kier molecular flexibility index (Phi) is 4.92. The fourth-order valence-corrected chi connectivity index (χ4v) is 1.58. The number of ether oxygens (including phenoxy) is 1. The van der Waals surface area contributed by atoms with Crippen molar-refractivity contribution in [3.63, 3.8) is 0 Å². The van der Waals surface area contributed by atoms with Gasteiger partial charge in [0.2, 0.25) is 5.89 Å². The Morgan fingerprint density at radius 2 is 1.89 bits per heavy atom. The van der Waals surface area contributed by atoms with Crippen molar-refractivity contribution < 1.29 is 9.15 Å². The zero-order valence-electron chi connectivity index (χ0n) is 11.3. The van der Waals surface area contributed by atoms with E-state index in [1.165, 1.54) is 0 Å². The Balaban J connectivity index is 1.77. The highest BCUT2D eigenvalue weighted by molar-refractivity contribution is 5.20. The predicted octanol–water partition coefficient (Wildman–Crippen LogP) is 2.19. The van der Waals surface area contributed by atoms with E-state index in [2.05, 4.69) is 29.4 Å². The Hall–Kier alpha value is -1.88. The van der Waals surface area contributed by atoms with Crippen LogP contribution in [0.25, 0.3) is 0 Å². The molecule has 1 aromatic heterocycles. The van der Waals surface area contributed by atoms with Gasteiger partial charge in [-0.15, -0.1) is 10.2 Å². The lowest BCUT2D eigenvalue weighted by atomic mass is 10.3. The van der Waals surface area contributed by atoms with E-state index < -0.39 is 0 Å². The molecule has 2 rings (SSSR count). The number of aromatic nitrogens is 2. The Morgan fingerprint density at radius 3 is 2.63 bits per heavy atom. The lowest BCUT2D eigenvalue weighted by Gasteiger charge is -2.04. The van der Waals surface area contributed by atoms with Crippen LogP contribution in [-0.4, -0.2) is 22.8 Å². The average Bonchev–Trinajstić information content (AvgIpc) is 2.85. The van der Waals surface area contributed by atoms with E-state index in [9.17, 15) is 0 Å². The van der Waals surface area contributed by atoms with Gasteiger partial charge in [0.25, 0.3) is 5.89 Å². The normalized spacial score (nSPS) is 10.9. The van der Waals surface area contributed by atoms with Gasteiger partial charge >= 0.3 is 0 Å². The van der Waals surface area contributed by atoms with E-state index in [0.29, 0.717) is 24.4 Å². The predicted molar refractivity (Wildman–Crippen MR) is 71.9 cm³/mol. The Bertz CT molecular complexity index is 482. The highest BCUT2D eigenvalue weighted by Gasteiger charge is 2.06. The molecule has 0 amide bonds. The minimum atomic E-state index is 0.300. The second-order valence-corrected chi connectivity index (χ2v) is 4.55. The molecular weight excluding hydrogens is 242 g/mol. The first-order chi connectivity index (χ1) is 9.24. The summed E-state index contributed by atoms with van der Waals surface area (Å²) in [5.74, 6) is 1.94. The molecule has 19 heavy (non-hydrogen) atoms. The van der Waals surface area contributed by atoms with Crippen molar-refractivity contribution in [3.05, 3.63) is 42.1 Å². The molecule has 0 saturated carbocycles. The van der Waals surface area contributed by atoms with Gasteiger partial charge in [-0.25, -0.2) is 0 Å². The quantitative estimate of drug-likeness (QED) is 0.828. The van der Waals surface area contributed by atoms with Crippen molar-refractivity contribution in [3.8, 4) is 5.75 Å². The maximum atomic E-state index is 5.54. The monoisotopic (exact) mass is 261 g/mol. The largest absolute Gasteiger partial charge is 0.484 e. The van der Waals surface area contributed by atoms with Crippen molar-refractivity contribution in [2.75, 3.05) is 6.54 Å². The van der Waals surface area contributed by atoms with Gasteiger partial charge in [-0.05, 0) is 12.1 Å². The first kappa shape index (κ1) is 13.5. The minimum absolute atomic E-state index is 0.300. The summed E-state index contributed by atoms with van der Waals surface area (Å²) in [5, 5.41) is 11.3. The van der Waals surface area contributed by atoms with Crippen molar-refractivity contribution >= 4 is 0 Å². The molecule has 0 spiro atoms. The number of hydrogen-bond donors (Lipinski definition) is 1. The summed E-state index contributed by atoms with van der Waals surface area (Å²) in [6, 6.07) is 10.0. The first-order valence-electron chi connectivity index (χ1n) is 6.46. The van der Waals surface area contributed by atoms with E-state index in [1.807, 2.05) is 30.3 Å².